The number of rotatable bonds is 2. The minimum absolute atomic E-state index is 0.322. The van der Waals surface area contributed by atoms with Crippen LogP contribution in [0.15, 0.2) is 131 Å². The first-order valence-electron chi connectivity index (χ1n) is 8.50. The average molecular weight is 375 g/mol. The van der Waals surface area contributed by atoms with Crippen LogP contribution in [0.5, 0.6) is 11.5 Å². The summed E-state index contributed by atoms with van der Waals surface area (Å²) in [7, 11) is 0. The zero-order valence-corrected chi connectivity index (χ0v) is 15.7. The number of phenols is 2. The van der Waals surface area contributed by atoms with E-state index in [1.807, 2.05) is 24.3 Å². The molecule has 2 N–H and O–H groups in total. The van der Waals surface area contributed by atoms with Crippen molar-refractivity contribution in [3.8, 4) is 11.5 Å². The topological polar surface area (TPSA) is 40.5 Å². The number of hydrogen-bond acceptors (Lipinski definition) is 3. The average Bonchev–Trinajstić information content (AvgIpc) is 2.72. The maximum absolute atomic E-state index is 8.63. The molecule has 0 atom stereocenters. The fraction of sp³-hybridized carbons (Fsp3) is 0. The molecule has 0 aliphatic rings. The Bertz CT molecular complexity index is 777. The van der Waals surface area contributed by atoms with Gasteiger partial charge in [0.1, 0.15) is 11.5 Å². The molecule has 0 heterocycles. The minimum Gasteiger partial charge on any atom is -0.508 e. The second kappa shape index (κ2) is 12.2. The zero-order valence-electron chi connectivity index (χ0n) is 14.8. The van der Waals surface area contributed by atoms with Crippen molar-refractivity contribution in [1.82, 2.24) is 0 Å². The lowest BCUT2D eigenvalue weighted by Gasteiger charge is -1.99. The minimum atomic E-state index is 0.322. The summed E-state index contributed by atoms with van der Waals surface area (Å²) in [5.74, 6) is 0.644. The second-order valence-corrected chi connectivity index (χ2v) is 6.55. The van der Waals surface area contributed by atoms with E-state index < -0.39 is 0 Å². The number of para-hydroxylation sites is 2. The Labute approximate surface area is 164 Å². The molecule has 4 rings (SSSR count). The van der Waals surface area contributed by atoms with Gasteiger partial charge in [-0.2, -0.15) is 0 Å². The maximum atomic E-state index is 8.63. The third-order valence-electron chi connectivity index (χ3n) is 3.23. The lowest BCUT2D eigenvalue weighted by atomic mass is 10.3. The van der Waals surface area contributed by atoms with E-state index in [4.69, 9.17) is 10.2 Å². The van der Waals surface area contributed by atoms with Crippen LogP contribution in [-0.2, 0) is 0 Å². The summed E-state index contributed by atoms with van der Waals surface area (Å²) in [4.78, 5) is 2.57. The quantitative estimate of drug-likeness (QED) is 0.414. The first-order chi connectivity index (χ1) is 13.2. The van der Waals surface area contributed by atoms with Crippen LogP contribution in [0.2, 0.25) is 0 Å². The molecular weight excluding hydrogens is 352 g/mol. The van der Waals surface area contributed by atoms with Gasteiger partial charge in [-0.25, -0.2) is 0 Å². The highest BCUT2D eigenvalue weighted by molar-refractivity contribution is 7.99. The highest BCUT2D eigenvalue weighted by Crippen LogP contribution is 2.26. The van der Waals surface area contributed by atoms with Crippen LogP contribution in [0.3, 0.4) is 0 Å². The molecule has 0 spiro atoms. The highest BCUT2D eigenvalue weighted by atomic mass is 32.2. The van der Waals surface area contributed by atoms with Crippen LogP contribution in [0.25, 0.3) is 0 Å². The fourth-order valence-electron chi connectivity index (χ4n) is 1.97. The Balaban J connectivity index is 0.000000159. The van der Waals surface area contributed by atoms with Gasteiger partial charge in [-0.3, -0.25) is 0 Å². The van der Waals surface area contributed by atoms with E-state index in [1.54, 1.807) is 60.3 Å². The van der Waals surface area contributed by atoms with Crippen LogP contribution in [-0.4, -0.2) is 10.2 Å². The molecule has 3 heteroatoms. The Hall–Kier alpha value is -3.17. The van der Waals surface area contributed by atoms with Crippen LogP contribution in [0.1, 0.15) is 0 Å². The Morgan fingerprint density at radius 1 is 0.370 bits per heavy atom. The summed E-state index contributed by atoms with van der Waals surface area (Å²) in [6.45, 7) is 0. The van der Waals surface area contributed by atoms with Gasteiger partial charge in [0.25, 0.3) is 0 Å². The molecule has 2 nitrogen and oxygen atoms in total. The molecule has 0 amide bonds. The third-order valence-corrected chi connectivity index (χ3v) is 4.25. The van der Waals surface area contributed by atoms with E-state index in [0.29, 0.717) is 11.5 Å². The molecule has 0 bridgehead atoms. The monoisotopic (exact) mass is 374 g/mol. The van der Waals surface area contributed by atoms with Crippen molar-refractivity contribution in [2.75, 3.05) is 0 Å². The smallest absolute Gasteiger partial charge is 0.115 e. The molecule has 4 aromatic rings. The van der Waals surface area contributed by atoms with Gasteiger partial charge < -0.3 is 10.2 Å². The van der Waals surface area contributed by atoms with Gasteiger partial charge in [-0.1, -0.05) is 84.6 Å². The molecule has 4 aromatic carbocycles. The van der Waals surface area contributed by atoms with Crippen molar-refractivity contribution in [2.45, 2.75) is 9.79 Å². The molecule has 27 heavy (non-hydrogen) atoms. The molecule has 0 radical (unpaired) electrons. The fourth-order valence-corrected chi connectivity index (χ4v) is 2.83. The van der Waals surface area contributed by atoms with Crippen LogP contribution in [0.4, 0.5) is 0 Å². The summed E-state index contributed by atoms with van der Waals surface area (Å²) >= 11 is 1.79. The molecule has 0 aromatic heterocycles. The van der Waals surface area contributed by atoms with E-state index in [2.05, 4.69) is 48.5 Å². The SMILES string of the molecule is Oc1ccccc1.Oc1ccccc1.c1ccc(Sc2ccccc2)cc1. The number of benzene rings is 4. The van der Waals surface area contributed by atoms with E-state index in [1.165, 1.54) is 9.79 Å². The summed E-state index contributed by atoms with van der Waals surface area (Å²) < 4.78 is 0. The van der Waals surface area contributed by atoms with Crippen molar-refractivity contribution >= 4 is 11.8 Å². The summed E-state index contributed by atoms with van der Waals surface area (Å²) in [5, 5.41) is 17.3. The van der Waals surface area contributed by atoms with Gasteiger partial charge in [0.15, 0.2) is 0 Å². The standard InChI is InChI=1S/C12H10S.2C6H6O/c1-3-7-11(8-4-1)13-12-9-5-2-6-10-12;2*7-6-4-2-1-3-5-6/h1-10H;2*1-5,7H. The van der Waals surface area contributed by atoms with Gasteiger partial charge in [0.2, 0.25) is 0 Å². The van der Waals surface area contributed by atoms with Crippen LogP contribution < -0.4 is 0 Å². The van der Waals surface area contributed by atoms with Crippen molar-refractivity contribution in [3.05, 3.63) is 121 Å². The molecule has 0 unspecified atom stereocenters. The third kappa shape index (κ3) is 9.19. The second-order valence-electron chi connectivity index (χ2n) is 5.40. The van der Waals surface area contributed by atoms with Crippen LogP contribution >= 0.6 is 11.8 Å². The van der Waals surface area contributed by atoms with E-state index in [-0.39, 0.29) is 0 Å². The summed E-state index contributed by atoms with van der Waals surface area (Å²) in [6.07, 6.45) is 0. The predicted molar refractivity (Wildman–Crippen MR) is 113 cm³/mol. The predicted octanol–water partition coefficient (Wildman–Crippen LogP) is 6.62. The van der Waals surface area contributed by atoms with E-state index in [0.717, 1.165) is 0 Å². The molecule has 0 saturated heterocycles. The number of aromatic hydroxyl groups is 2. The highest BCUT2D eigenvalue weighted by Gasteiger charge is 1.93. The van der Waals surface area contributed by atoms with E-state index in [9.17, 15) is 0 Å². The van der Waals surface area contributed by atoms with Crippen molar-refractivity contribution in [2.24, 2.45) is 0 Å². The van der Waals surface area contributed by atoms with Gasteiger partial charge in [0.05, 0.1) is 0 Å². The van der Waals surface area contributed by atoms with E-state index >= 15 is 0 Å². The molecule has 0 aliphatic carbocycles. The van der Waals surface area contributed by atoms with Crippen molar-refractivity contribution in [3.63, 3.8) is 0 Å². The van der Waals surface area contributed by atoms with Gasteiger partial charge in [0, 0.05) is 9.79 Å². The Kier molecular flexibility index (Phi) is 9.12. The number of phenolic OH excluding ortho intramolecular Hbond substituents is 2. The largest absolute Gasteiger partial charge is 0.508 e. The summed E-state index contributed by atoms with van der Waals surface area (Å²) in [5.41, 5.74) is 0. The van der Waals surface area contributed by atoms with Crippen LogP contribution in [0, 0.1) is 0 Å². The van der Waals surface area contributed by atoms with Gasteiger partial charge in [-0.05, 0) is 48.5 Å². The maximum Gasteiger partial charge on any atom is 0.115 e. The van der Waals surface area contributed by atoms with Crippen molar-refractivity contribution < 1.29 is 10.2 Å². The zero-order chi connectivity index (χ0) is 19.2. The molecule has 0 fully saturated rings. The van der Waals surface area contributed by atoms with Gasteiger partial charge in [-0.15, -0.1) is 0 Å². The van der Waals surface area contributed by atoms with Crippen molar-refractivity contribution in [1.29, 1.82) is 0 Å². The lowest BCUT2D eigenvalue weighted by Crippen LogP contribution is -1.70. The molecule has 136 valence electrons. The molecular formula is C24H22O2S. The molecule has 0 aliphatic heterocycles. The summed E-state index contributed by atoms with van der Waals surface area (Å²) in [6, 6.07) is 38.2. The normalized spacial score (nSPS) is 9.19. The first kappa shape index (κ1) is 20.1. The Morgan fingerprint density at radius 3 is 0.852 bits per heavy atom. The lowest BCUT2D eigenvalue weighted by molar-refractivity contribution is 0.475. The Morgan fingerprint density at radius 2 is 0.630 bits per heavy atom. The molecule has 0 saturated carbocycles. The number of hydrogen-bond donors (Lipinski definition) is 2. The van der Waals surface area contributed by atoms with Gasteiger partial charge >= 0.3 is 0 Å². The first-order valence-corrected chi connectivity index (χ1v) is 9.31.